The summed E-state index contributed by atoms with van der Waals surface area (Å²) in [6.45, 7) is 2.73. The molecular weight excluding hydrogens is 271 g/mol. The van der Waals surface area contributed by atoms with E-state index in [4.69, 9.17) is 0 Å². The number of amides is 1. The largest absolute Gasteiger partial charge is 0.391 e. The lowest BCUT2D eigenvalue weighted by molar-refractivity contribution is 0.0473. The summed E-state index contributed by atoms with van der Waals surface area (Å²) in [5, 5.41) is 9.64. The van der Waals surface area contributed by atoms with Gasteiger partial charge < -0.3 is 14.9 Å². The Bertz CT molecular complexity index is 529. The lowest BCUT2D eigenvalue weighted by atomic mass is 10.1. The average molecular weight is 292 g/mol. The van der Waals surface area contributed by atoms with Crippen LogP contribution in [0, 0.1) is 5.82 Å². The molecule has 2 aliphatic heterocycles. The molecule has 2 aliphatic rings. The van der Waals surface area contributed by atoms with Gasteiger partial charge in [0.25, 0.3) is 5.91 Å². The Kier molecular flexibility index (Phi) is 4.10. The number of rotatable bonds is 2. The van der Waals surface area contributed by atoms with Crippen LogP contribution < -0.4 is 4.90 Å². The maximum absolute atomic E-state index is 14.2. The number of carbonyl (C=O) groups excluding carboxylic acids is 1. The number of hydrogen-bond acceptors (Lipinski definition) is 3. The molecule has 1 atom stereocenters. The summed E-state index contributed by atoms with van der Waals surface area (Å²) in [6, 6.07) is 4.73. The van der Waals surface area contributed by atoms with Crippen LogP contribution in [0.25, 0.3) is 0 Å². The molecule has 0 saturated carbocycles. The lowest BCUT2D eigenvalue weighted by Crippen LogP contribution is -2.42. The summed E-state index contributed by atoms with van der Waals surface area (Å²) >= 11 is 0. The minimum Gasteiger partial charge on any atom is -0.391 e. The SMILES string of the molecule is O=C(c1ccc(N2CCCC2)c(F)c1)N1CCCC(O)C1. The number of benzene rings is 1. The smallest absolute Gasteiger partial charge is 0.254 e. The minimum atomic E-state index is -0.462. The van der Waals surface area contributed by atoms with Crippen molar-refractivity contribution in [2.45, 2.75) is 31.8 Å². The Labute approximate surface area is 124 Å². The quantitative estimate of drug-likeness (QED) is 0.907. The Morgan fingerprint density at radius 1 is 1.19 bits per heavy atom. The van der Waals surface area contributed by atoms with Crippen LogP contribution >= 0.6 is 0 Å². The van der Waals surface area contributed by atoms with E-state index in [0.717, 1.165) is 38.8 Å². The predicted octanol–water partition coefficient (Wildman–Crippen LogP) is 2.02. The number of aliphatic hydroxyl groups excluding tert-OH is 1. The summed E-state index contributed by atoms with van der Waals surface area (Å²) in [4.78, 5) is 16.0. The molecule has 1 aromatic carbocycles. The van der Waals surface area contributed by atoms with E-state index >= 15 is 0 Å². The van der Waals surface area contributed by atoms with Crippen LogP contribution in [0.4, 0.5) is 10.1 Å². The number of aliphatic hydroxyl groups is 1. The number of nitrogens with zero attached hydrogens (tertiary/aromatic N) is 2. The maximum Gasteiger partial charge on any atom is 0.254 e. The molecule has 21 heavy (non-hydrogen) atoms. The molecular formula is C16H21FN2O2. The molecule has 1 aromatic rings. The van der Waals surface area contributed by atoms with Gasteiger partial charge in [0.2, 0.25) is 0 Å². The number of halogens is 1. The highest BCUT2D eigenvalue weighted by Crippen LogP contribution is 2.25. The van der Waals surface area contributed by atoms with Crippen molar-refractivity contribution in [3.63, 3.8) is 0 Å². The van der Waals surface area contributed by atoms with Crippen molar-refractivity contribution in [3.8, 4) is 0 Å². The molecule has 3 rings (SSSR count). The highest BCUT2D eigenvalue weighted by molar-refractivity contribution is 5.94. The van der Waals surface area contributed by atoms with Crippen LogP contribution in [0.2, 0.25) is 0 Å². The summed E-state index contributed by atoms with van der Waals surface area (Å²) in [5.41, 5.74) is 0.951. The fourth-order valence-electron chi connectivity index (χ4n) is 3.18. The van der Waals surface area contributed by atoms with Crippen molar-refractivity contribution in [2.75, 3.05) is 31.1 Å². The summed E-state index contributed by atoms with van der Waals surface area (Å²) in [7, 11) is 0. The predicted molar refractivity (Wildman–Crippen MR) is 79.0 cm³/mol. The second kappa shape index (κ2) is 6.02. The minimum absolute atomic E-state index is 0.194. The van der Waals surface area contributed by atoms with Crippen LogP contribution in [-0.4, -0.2) is 48.2 Å². The van der Waals surface area contributed by atoms with Gasteiger partial charge in [-0.3, -0.25) is 4.79 Å². The number of hydrogen-bond donors (Lipinski definition) is 1. The normalized spacial score (nSPS) is 22.7. The zero-order chi connectivity index (χ0) is 14.8. The standard InChI is InChI=1S/C16H21FN2O2/c17-14-10-12(5-6-15(14)18-7-1-2-8-18)16(21)19-9-3-4-13(20)11-19/h5-6,10,13,20H,1-4,7-9,11H2. The molecule has 5 heteroatoms. The van der Waals surface area contributed by atoms with Crippen molar-refractivity contribution in [1.82, 2.24) is 4.90 Å². The van der Waals surface area contributed by atoms with Gasteiger partial charge in [-0.25, -0.2) is 4.39 Å². The van der Waals surface area contributed by atoms with Crippen LogP contribution in [0.3, 0.4) is 0 Å². The Balaban J connectivity index is 1.76. The molecule has 2 saturated heterocycles. The van der Waals surface area contributed by atoms with Gasteiger partial charge in [-0.1, -0.05) is 0 Å². The summed E-state index contributed by atoms with van der Waals surface area (Å²) in [5.74, 6) is -0.527. The first-order valence-corrected chi connectivity index (χ1v) is 7.67. The van der Waals surface area contributed by atoms with Crippen LogP contribution in [0.15, 0.2) is 18.2 Å². The van der Waals surface area contributed by atoms with Gasteiger partial charge in [0.1, 0.15) is 5.82 Å². The Morgan fingerprint density at radius 3 is 2.62 bits per heavy atom. The van der Waals surface area contributed by atoms with Crippen molar-refractivity contribution in [1.29, 1.82) is 0 Å². The van der Waals surface area contributed by atoms with Crippen LogP contribution in [-0.2, 0) is 0 Å². The molecule has 0 aromatic heterocycles. The van der Waals surface area contributed by atoms with Crippen molar-refractivity contribution in [3.05, 3.63) is 29.6 Å². The van der Waals surface area contributed by atoms with Gasteiger partial charge in [-0.05, 0) is 43.9 Å². The van der Waals surface area contributed by atoms with Crippen molar-refractivity contribution < 1.29 is 14.3 Å². The first-order chi connectivity index (χ1) is 10.1. The summed E-state index contributed by atoms with van der Waals surface area (Å²) in [6.07, 6.45) is 3.24. The molecule has 0 spiro atoms. The van der Waals surface area contributed by atoms with Gasteiger partial charge in [0.05, 0.1) is 11.8 Å². The second-order valence-corrected chi connectivity index (χ2v) is 5.91. The number of piperidine rings is 1. The zero-order valence-electron chi connectivity index (χ0n) is 12.1. The van der Waals surface area contributed by atoms with Crippen molar-refractivity contribution in [2.24, 2.45) is 0 Å². The molecule has 0 aliphatic carbocycles. The molecule has 0 radical (unpaired) electrons. The average Bonchev–Trinajstić information content (AvgIpc) is 3.00. The van der Waals surface area contributed by atoms with E-state index in [1.807, 2.05) is 4.90 Å². The number of β-amino-alcohol motifs (C(OH)–C–C–N with tert-alkyl or cyclic N) is 1. The van der Waals surface area contributed by atoms with E-state index < -0.39 is 6.10 Å². The number of carbonyl (C=O) groups is 1. The van der Waals surface area contributed by atoms with E-state index in [2.05, 4.69) is 0 Å². The fraction of sp³-hybridized carbons (Fsp3) is 0.562. The first kappa shape index (κ1) is 14.3. The van der Waals surface area contributed by atoms with E-state index in [-0.39, 0.29) is 11.7 Å². The highest BCUT2D eigenvalue weighted by Gasteiger charge is 2.24. The van der Waals surface area contributed by atoms with E-state index in [1.54, 1.807) is 17.0 Å². The molecule has 1 amide bonds. The first-order valence-electron chi connectivity index (χ1n) is 7.67. The summed E-state index contributed by atoms with van der Waals surface area (Å²) < 4.78 is 14.2. The lowest BCUT2D eigenvalue weighted by Gasteiger charge is -2.30. The van der Waals surface area contributed by atoms with Gasteiger partial charge in [0, 0.05) is 31.7 Å². The van der Waals surface area contributed by atoms with E-state index in [1.165, 1.54) is 6.07 Å². The number of likely N-dealkylation sites (tertiary alicyclic amines) is 1. The molecule has 1 unspecified atom stereocenters. The third kappa shape index (κ3) is 3.02. The van der Waals surface area contributed by atoms with Crippen LogP contribution in [0.5, 0.6) is 0 Å². The highest BCUT2D eigenvalue weighted by atomic mass is 19.1. The van der Waals surface area contributed by atoms with Crippen LogP contribution in [0.1, 0.15) is 36.0 Å². The Morgan fingerprint density at radius 2 is 1.95 bits per heavy atom. The third-order valence-corrected chi connectivity index (χ3v) is 4.33. The Hall–Kier alpha value is -1.62. The monoisotopic (exact) mass is 292 g/mol. The van der Waals surface area contributed by atoms with E-state index in [9.17, 15) is 14.3 Å². The zero-order valence-corrected chi connectivity index (χ0v) is 12.1. The fourth-order valence-corrected chi connectivity index (χ4v) is 3.18. The molecule has 4 nitrogen and oxygen atoms in total. The van der Waals surface area contributed by atoms with Crippen molar-refractivity contribution >= 4 is 11.6 Å². The second-order valence-electron chi connectivity index (χ2n) is 5.91. The van der Waals surface area contributed by atoms with Gasteiger partial charge >= 0.3 is 0 Å². The molecule has 114 valence electrons. The van der Waals surface area contributed by atoms with Gasteiger partial charge in [-0.2, -0.15) is 0 Å². The van der Waals surface area contributed by atoms with E-state index in [0.29, 0.717) is 24.3 Å². The number of anilines is 1. The maximum atomic E-state index is 14.2. The van der Waals surface area contributed by atoms with Gasteiger partial charge in [0.15, 0.2) is 0 Å². The molecule has 0 bridgehead atoms. The van der Waals surface area contributed by atoms with Gasteiger partial charge in [-0.15, -0.1) is 0 Å². The molecule has 2 heterocycles. The molecule has 1 N–H and O–H groups in total. The molecule has 2 fully saturated rings. The topological polar surface area (TPSA) is 43.8 Å². The third-order valence-electron chi connectivity index (χ3n) is 4.33.